The molecular weight excluding hydrogens is 480 g/mol. The summed E-state index contributed by atoms with van der Waals surface area (Å²) in [5.74, 6) is -7.06. The van der Waals surface area contributed by atoms with E-state index >= 15 is 0 Å². The van der Waals surface area contributed by atoms with E-state index in [9.17, 15) is 32.5 Å². The molecule has 0 aromatic heterocycles. The quantitative estimate of drug-likeness (QED) is 0.199. The molecule has 2 aromatic carbocycles. The van der Waals surface area contributed by atoms with Crippen molar-refractivity contribution in [3.05, 3.63) is 62.2 Å². The number of piperidine rings is 1. The summed E-state index contributed by atoms with van der Waals surface area (Å²) in [4.78, 5) is 28.5. The van der Waals surface area contributed by atoms with Crippen molar-refractivity contribution in [1.82, 2.24) is 4.90 Å². The number of anilines is 2. The second kappa shape index (κ2) is 9.65. The van der Waals surface area contributed by atoms with Gasteiger partial charge in [-0.05, 0) is 31.4 Å². The van der Waals surface area contributed by atoms with Crippen LogP contribution in [0.2, 0.25) is 5.02 Å². The predicted molar refractivity (Wildman–Crippen MR) is 119 cm³/mol. The predicted octanol–water partition coefficient (Wildman–Crippen LogP) is 4.76. The van der Waals surface area contributed by atoms with Crippen molar-refractivity contribution in [3.63, 3.8) is 0 Å². The van der Waals surface area contributed by atoms with Crippen LogP contribution in [0.25, 0.3) is 0 Å². The second-order valence-corrected chi connectivity index (χ2v) is 8.58. The molecule has 0 radical (unpaired) electrons. The van der Waals surface area contributed by atoms with Crippen LogP contribution in [-0.2, 0) is 0 Å². The molecule has 2 heterocycles. The van der Waals surface area contributed by atoms with Gasteiger partial charge in [-0.25, -0.2) is 17.6 Å². The number of carbonyl (C=O) groups is 1. The van der Waals surface area contributed by atoms with Gasteiger partial charge in [-0.15, -0.1) is 0 Å². The van der Waals surface area contributed by atoms with Crippen LogP contribution in [-0.4, -0.2) is 55.0 Å². The van der Waals surface area contributed by atoms with Crippen molar-refractivity contribution < 1.29 is 27.3 Å². The first-order valence-corrected chi connectivity index (χ1v) is 11.2. The Hall–Kier alpha value is -3.08. The van der Waals surface area contributed by atoms with Gasteiger partial charge in [0, 0.05) is 50.9 Å². The SMILES string of the molecule is O=C(c1ccc(N2CCCCC2)c([N+](=O)[O-])c1)N1CCN(c2c(F)c(F)c(Cl)c(F)c2F)CC1. The maximum atomic E-state index is 14.3. The van der Waals surface area contributed by atoms with Crippen LogP contribution in [0.15, 0.2) is 18.2 Å². The standard InChI is InChI=1S/C22H21ClF4N4O3/c23-16-17(24)19(26)21(20(27)18(16)25)29-8-10-30(11-9-29)22(32)13-4-5-14(15(12-13)31(33)34)28-6-2-1-3-7-28/h4-5,12H,1-3,6-11H2. The highest BCUT2D eigenvalue weighted by atomic mass is 35.5. The van der Waals surface area contributed by atoms with Crippen molar-refractivity contribution in [1.29, 1.82) is 0 Å². The van der Waals surface area contributed by atoms with Gasteiger partial charge < -0.3 is 14.7 Å². The van der Waals surface area contributed by atoms with E-state index in [1.165, 1.54) is 17.0 Å². The third-order valence-corrected chi connectivity index (χ3v) is 6.52. The number of rotatable bonds is 4. The fourth-order valence-electron chi connectivity index (χ4n) is 4.39. The Morgan fingerprint density at radius 3 is 2.00 bits per heavy atom. The van der Waals surface area contributed by atoms with Crippen LogP contribution < -0.4 is 9.80 Å². The Kier molecular flexibility index (Phi) is 6.83. The lowest BCUT2D eigenvalue weighted by Crippen LogP contribution is -2.49. The fourth-order valence-corrected chi connectivity index (χ4v) is 4.56. The molecule has 0 bridgehead atoms. The van der Waals surface area contributed by atoms with Gasteiger partial charge in [0.2, 0.25) is 0 Å². The topological polar surface area (TPSA) is 69.9 Å². The number of hydrogen-bond acceptors (Lipinski definition) is 5. The second-order valence-electron chi connectivity index (χ2n) is 8.21. The van der Waals surface area contributed by atoms with Gasteiger partial charge in [-0.1, -0.05) is 11.6 Å². The van der Waals surface area contributed by atoms with Crippen molar-refractivity contribution in [2.75, 3.05) is 49.1 Å². The summed E-state index contributed by atoms with van der Waals surface area (Å²) < 4.78 is 56.2. The van der Waals surface area contributed by atoms with Gasteiger partial charge in [0.1, 0.15) is 16.4 Å². The zero-order chi connectivity index (χ0) is 24.6. The molecule has 0 unspecified atom stereocenters. The lowest BCUT2D eigenvalue weighted by atomic mass is 10.1. The van der Waals surface area contributed by atoms with E-state index in [1.54, 1.807) is 6.07 Å². The molecule has 7 nitrogen and oxygen atoms in total. The average Bonchev–Trinajstić information content (AvgIpc) is 2.86. The minimum absolute atomic E-state index is 0.00868. The highest BCUT2D eigenvalue weighted by molar-refractivity contribution is 6.31. The summed E-state index contributed by atoms with van der Waals surface area (Å²) in [6.45, 7) is 1.18. The van der Waals surface area contributed by atoms with E-state index in [0.29, 0.717) is 18.8 Å². The van der Waals surface area contributed by atoms with Gasteiger partial charge in [-0.3, -0.25) is 14.9 Å². The first-order chi connectivity index (χ1) is 16.2. The molecule has 1 amide bonds. The number of piperazine rings is 1. The van der Waals surface area contributed by atoms with Crippen LogP contribution in [0.4, 0.5) is 34.6 Å². The molecule has 0 atom stereocenters. The van der Waals surface area contributed by atoms with E-state index in [2.05, 4.69) is 0 Å². The molecule has 0 N–H and O–H groups in total. The van der Waals surface area contributed by atoms with Crippen LogP contribution >= 0.6 is 11.6 Å². The zero-order valence-electron chi connectivity index (χ0n) is 18.0. The number of carbonyl (C=O) groups excluding carboxylic acids is 1. The first kappa shape index (κ1) is 24.1. The summed E-state index contributed by atoms with van der Waals surface area (Å²) in [7, 11) is 0. The molecule has 34 heavy (non-hydrogen) atoms. The number of nitro benzene ring substituents is 1. The van der Waals surface area contributed by atoms with E-state index in [4.69, 9.17) is 11.6 Å². The highest BCUT2D eigenvalue weighted by Gasteiger charge is 2.32. The Bertz CT molecular complexity index is 1110. The summed E-state index contributed by atoms with van der Waals surface area (Å²) in [5, 5.41) is 10.4. The molecule has 4 rings (SSSR count). The third kappa shape index (κ3) is 4.36. The highest BCUT2D eigenvalue weighted by Crippen LogP contribution is 2.35. The van der Waals surface area contributed by atoms with Crippen molar-refractivity contribution >= 4 is 34.6 Å². The number of benzene rings is 2. The normalized spacial score (nSPS) is 16.7. The first-order valence-electron chi connectivity index (χ1n) is 10.8. The van der Waals surface area contributed by atoms with Gasteiger partial charge in [0.05, 0.1) is 4.92 Å². The number of nitro groups is 1. The number of halogens is 5. The van der Waals surface area contributed by atoms with E-state index in [1.807, 2.05) is 4.90 Å². The Balaban J connectivity index is 1.51. The van der Waals surface area contributed by atoms with E-state index < -0.39 is 44.8 Å². The lowest BCUT2D eigenvalue weighted by Gasteiger charge is -2.36. The lowest BCUT2D eigenvalue weighted by molar-refractivity contribution is -0.384. The third-order valence-electron chi connectivity index (χ3n) is 6.19. The molecule has 0 spiro atoms. The van der Waals surface area contributed by atoms with E-state index in [-0.39, 0.29) is 37.4 Å². The molecule has 2 fully saturated rings. The van der Waals surface area contributed by atoms with E-state index in [0.717, 1.165) is 24.2 Å². The Morgan fingerprint density at radius 1 is 0.853 bits per heavy atom. The maximum Gasteiger partial charge on any atom is 0.293 e. The largest absolute Gasteiger partial charge is 0.366 e. The van der Waals surface area contributed by atoms with Crippen LogP contribution in [0.1, 0.15) is 29.6 Å². The van der Waals surface area contributed by atoms with Crippen LogP contribution in [0.5, 0.6) is 0 Å². The summed E-state index contributed by atoms with van der Waals surface area (Å²) in [6.07, 6.45) is 2.94. The van der Waals surface area contributed by atoms with Gasteiger partial charge in [0.15, 0.2) is 23.3 Å². The van der Waals surface area contributed by atoms with Crippen LogP contribution in [0, 0.1) is 33.4 Å². The van der Waals surface area contributed by atoms with Crippen LogP contribution in [0.3, 0.4) is 0 Å². The zero-order valence-corrected chi connectivity index (χ0v) is 18.8. The number of amides is 1. The average molecular weight is 501 g/mol. The maximum absolute atomic E-state index is 14.3. The summed E-state index contributed by atoms with van der Waals surface area (Å²) >= 11 is 5.27. The monoisotopic (exact) mass is 500 g/mol. The van der Waals surface area contributed by atoms with Crippen molar-refractivity contribution in [2.45, 2.75) is 19.3 Å². The summed E-state index contributed by atoms with van der Waals surface area (Å²) in [5.41, 5.74) is -0.471. The Labute approximate surface area is 197 Å². The van der Waals surface area contributed by atoms with Gasteiger partial charge in [-0.2, -0.15) is 0 Å². The number of hydrogen-bond donors (Lipinski definition) is 0. The minimum Gasteiger partial charge on any atom is -0.366 e. The Morgan fingerprint density at radius 2 is 1.44 bits per heavy atom. The fraction of sp³-hybridized carbons (Fsp3) is 0.409. The number of nitrogens with zero attached hydrogens (tertiary/aromatic N) is 4. The molecule has 0 saturated carbocycles. The van der Waals surface area contributed by atoms with Crippen molar-refractivity contribution in [2.24, 2.45) is 0 Å². The molecule has 182 valence electrons. The minimum atomic E-state index is -1.69. The molecule has 2 saturated heterocycles. The van der Waals surface area contributed by atoms with Gasteiger partial charge >= 0.3 is 0 Å². The van der Waals surface area contributed by atoms with Crippen molar-refractivity contribution in [3.8, 4) is 0 Å². The molecule has 12 heteroatoms. The molecule has 0 aliphatic carbocycles. The smallest absolute Gasteiger partial charge is 0.293 e. The summed E-state index contributed by atoms with van der Waals surface area (Å²) in [6, 6.07) is 4.33. The molecular formula is C22H21ClF4N4O3. The molecule has 2 aliphatic heterocycles. The van der Waals surface area contributed by atoms with Gasteiger partial charge in [0.25, 0.3) is 11.6 Å². The molecule has 2 aromatic rings. The molecule has 2 aliphatic rings.